The lowest BCUT2D eigenvalue weighted by atomic mass is 10.1. The summed E-state index contributed by atoms with van der Waals surface area (Å²) in [4.78, 5) is 25.5. The standard InChI is InChI=1S/C23H20N6O3S/c1-33-23-25-7-8-29(23)17-5-2-4-16(14-17)21(30)27-9-11-28(12-10-27)22-18(15-24)26-20(32-22)19-6-3-13-31-19/h2-8,13-14H,9-12H2,1H3. The smallest absolute Gasteiger partial charge is 0.266 e. The lowest BCUT2D eigenvalue weighted by Gasteiger charge is -2.34. The first-order valence-corrected chi connectivity index (χ1v) is 11.6. The number of hydrogen-bond acceptors (Lipinski definition) is 8. The Morgan fingerprint density at radius 3 is 2.76 bits per heavy atom. The molecule has 1 aliphatic heterocycles. The van der Waals surface area contributed by atoms with Crippen LogP contribution in [0.15, 0.2) is 69.0 Å². The van der Waals surface area contributed by atoms with Crippen molar-refractivity contribution in [3.8, 4) is 23.4 Å². The molecule has 0 bridgehead atoms. The van der Waals surface area contributed by atoms with Crippen molar-refractivity contribution >= 4 is 23.6 Å². The van der Waals surface area contributed by atoms with E-state index in [0.29, 0.717) is 43.4 Å². The number of hydrogen-bond donors (Lipinski definition) is 0. The second kappa shape index (κ2) is 8.88. The van der Waals surface area contributed by atoms with Crippen molar-refractivity contribution in [1.82, 2.24) is 19.4 Å². The van der Waals surface area contributed by atoms with Gasteiger partial charge in [0, 0.05) is 49.8 Å². The molecular weight excluding hydrogens is 440 g/mol. The molecule has 1 saturated heterocycles. The van der Waals surface area contributed by atoms with E-state index in [9.17, 15) is 10.1 Å². The number of anilines is 1. The Morgan fingerprint density at radius 1 is 1.18 bits per heavy atom. The molecule has 0 atom stereocenters. The van der Waals surface area contributed by atoms with Crippen LogP contribution in [0, 0.1) is 11.3 Å². The highest BCUT2D eigenvalue weighted by Gasteiger charge is 2.27. The Hall–Kier alpha value is -3.97. The molecular formula is C23H20N6O3S. The van der Waals surface area contributed by atoms with E-state index < -0.39 is 0 Å². The number of rotatable bonds is 5. The van der Waals surface area contributed by atoms with E-state index in [0.717, 1.165) is 10.8 Å². The summed E-state index contributed by atoms with van der Waals surface area (Å²) >= 11 is 1.55. The normalized spacial score (nSPS) is 13.8. The fraction of sp³-hybridized carbons (Fsp3) is 0.217. The monoisotopic (exact) mass is 460 g/mol. The zero-order valence-corrected chi connectivity index (χ0v) is 18.7. The van der Waals surface area contributed by atoms with Crippen LogP contribution in [0.3, 0.4) is 0 Å². The molecule has 5 rings (SSSR count). The molecule has 3 aromatic heterocycles. The number of benzene rings is 1. The van der Waals surface area contributed by atoms with E-state index in [-0.39, 0.29) is 17.5 Å². The van der Waals surface area contributed by atoms with Gasteiger partial charge in [-0.05, 0) is 36.6 Å². The van der Waals surface area contributed by atoms with Crippen LogP contribution in [0.1, 0.15) is 16.1 Å². The van der Waals surface area contributed by atoms with E-state index in [1.54, 1.807) is 30.1 Å². The number of imidazole rings is 1. The van der Waals surface area contributed by atoms with E-state index in [1.807, 2.05) is 51.1 Å². The van der Waals surface area contributed by atoms with Crippen molar-refractivity contribution < 1.29 is 13.6 Å². The van der Waals surface area contributed by atoms with Gasteiger partial charge in [0.15, 0.2) is 10.9 Å². The first-order chi connectivity index (χ1) is 16.2. The number of carbonyl (C=O) groups excluding carboxylic acids is 1. The quantitative estimate of drug-likeness (QED) is 0.416. The zero-order chi connectivity index (χ0) is 22.8. The summed E-state index contributed by atoms with van der Waals surface area (Å²) in [5.74, 6) is 1.11. The van der Waals surface area contributed by atoms with Gasteiger partial charge in [0.2, 0.25) is 11.6 Å². The molecule has 4 aromatic rings. The van der Waals surface area contributed by atoms with Gasteiger partial charge >= 0.3 is 0 Å². The van der Waals surface area contributed by atoms with E-state index in [4.69, 9.17) is 8.83 Å². The molecule has 1 aliphatic rings. The Balaban J connectivity index is 1.30. The van der Waals surface area contributed by atoms with Crippen molar-refractivity contribution in [2.24, 2.45) is 0 Å². The molecule has 0 aliphatic carbocycles. The highest BCUT2D eigenvalue weighted by molar-refractivity contribution is 7.98. The third-order valence-corrected chi connectivity index (χ3v) is 6.13. The molecule has 4 heterocycles. The fourth-order valence-corrected chi connectivity index (χ4v) is 4.36. The topological polar surface area (TPSA) is 104 Å². The van der Waals surface area contributed by atoms with E-state index >= 15 is 0 Å². The molecule has 0 spiro atoms. The van der Waals surface area contributed by atoms with Crippen molar-refractivity contribution in [3.05, 3.63) is 66.3 Å². The first-order valence-electron chi connectivity index (χ1n) is 10.3. The molecule has 0 unspecified atom stereocenters. The van der Waals surface area contributed by atoms with Gasteiger partial charge < -0.3 is 18.6 Å². The van der Waals surface area contributed by atoms with Gasteiger partial charge in [-0.25, -0.2) is 4.98 Å². The van der Waals surface area contributed by atoms with Crippen LogP contribution in [0.25, 0.3) is 17.3 Å². The van der Waals surface area contributed by atoms with Crippen LogP contribution >= 0.6 is 11.8 Å². The minimum atomic E-state index is -0.0309. The predicted octanol–water partition coefficient (Wildman–Crippen LogP) is 3.68. The van der Waals surface area contributed by atoms with E-state index in [1.165, 1.54) is 6.26 Å². The summed E-state index contributed by atoms with van der Waals surface area (Å²) < 4.78 is 13.1. The number of nitriles is 1. The van der Waals surface area contributed by atoms with E-state index in [2.05, 4.69) is 16.0 Å². The SMILES string of the molecule is CSc1nccn1-c1cccc(C(=O)N2CCN(c3oc(-c4ccco4)nc3C#N)CC2)c1. The van der Waals surface area contributed by atoms with Crippen LogP contribution in [0.5, 0.6) is 0 Å². The van der Waals surface area contributed by atoms with Crippen LogP contribution in [-0.2, 0) is 0 Å². The van der Waals surface area contributed by atoms with Crippen LogP contribution in [-0.4, -0.2) is 57.8 Å². The third kappa shape index (κ3) is 3.99. The van der Waals surface area contributed by atoms with Gasteiger partial charge in [0.25, 0.3) is 11.8 Å². The Labute approximate surface area is 194 Å². The predicted molar refractivity (Wildman–Crippen MR) is 122 cm³/mol. The summed E-state index contributed by atoms with van der Waals surface area (Å²) in [5, 5.41) is 10.4. The third-order valence-electron chi connectivity index (χ3n) is 5.46. The number of aromatic nitrogens is 3. The lowest BCUT2D eigenvalue weighted by molar-refractivity contribution is 0.0745. The van der Waals surface area contributed by atoms with Crippen LogP contribution in [0.2, 0.25) is 0 Å². The average molecular weight is 461 g/mol. The van der Waals surface area contributed by atoms with Crippen LogP contribution in [0.4, 0.5) is 5.88 Å². The maximum absolute atomic E-state index is 13.2. The summed E-state index contributed by atoms with van der Waals surface area (Å²) in [6, 6.07) is 13.1. The number of carbonyl (C=O) groups is 1. The fourth-order valence-electron chi connectivity index (χ4n) is 3.83. The van der Waals surface area contributed by atoms with Crippen molar-refractivity contribution in [2.45, 2.75) is 5.16 Å². The summed E-state index contributed by atoms with van der Waals surface area (Å²) in [6.07, 6.45) is 7.13. The number of oxazole rings is 1. The van der Waals surface area contributed by atoms with Crippen LogP contribution < -0.4 is 4.90 Å². The minimum Gasteiger partial charge on any atom is -0.459 e. The van der Waals surface area contributed by atoms with Crippen molar-refractivity contribution in [3.63, 3.8) is 0 Å². The Bertz CT molecular complexity index is 1310. The number of nitrogens with zero attached hydrogens (tertiary/aromatic N) is 6. The second-order valence-electron chi connectivity index (χ2n) is 7.38. The average Bonchev–Trinajstić information content (AvgIpc) is 3.63. The maximum Gasteiger partial charge on any atom is 0.266 e. The second-order valence-corrected chi connectivity index (χ2v) is 8.15. The zero-order valence-electron chi connectivity index (χ0n) is 17.8. The number of furan rings is 1. The van der Waals surface area contributed by atoms with Crippen molar-refractivity contribution in [1.29, 1.82) is 5.26 Å². The minimum absolute atomic E-state index is 0.0309. The van der Waals surface area contributed by atoms with Gasteiger partial charge in [-0.1, -0.05) is 17.8 Å². The lowest BCUT2D eigenvalue weighted by Crippen LogP contribution is -2.48. The Morgan fingerprint density at radius 2 is 2.03 bits per heavy atom. The number of piperazine rings is 1. The van der Waals surface area contributed by atoms with Gasteiger partial charge in [-0.3, -0.25) is 9.36 Å². The van der Waals surface area contributed by atoms with Gasteiger partial charge in [0.05, 0.1) is 6.26 Å². The summed E-state index contributed by atoms with van der Waals surface area (Å²) in [7, 11) is 0. The summed E-state index contributed by atoms with van der Waals surface area (Å²) in [5.41, 5.74) is 1.73. The number of amides is 1. The molecule has 166 valence electrons. The maximum atomic E-state index is 13.2. The summed E-state index contributed by atoms with van der Waals surface area (Å²) in [6.45, 7) is 2.08. The van der Waals surface area contributed by atoms with Crippen molar-refractivity contribution in [2.75, 3.05) is 37.3 Å². The molecule has 9 nitrogen and oxygen atoms in total. The molecule has 1 fully saturated rings. The van der Waals surface area contributed by atoms with Gasteiger partial charge in [-0.15, -0.1) is 0 Å². The van der Waals surface area contributed by atoms with Gasteiger partial charge in [-0.2, -0.15) is 10.2 Å². The molecule has 10 heteroatoms. The number of thioether (sulfide) groups is 1. The molecule has 1 amide bonds. The Kier molecular flexibility index (Phi) is 5.62. The molecule has 33 heavy (non-hydrogen) atoms. The molecule has 0 N–H and O–H groups in total. The molecule has 0 radical (unpaired) electrons. The molecule has 0 saturated carbocycles. The highest BCUT2D eigenvalue weighted by Crippen LogP contribution is 2.29. The largest absolute Gasteiger partial charge is 0.459 e. The highest BCUT2D eigenvalue weighted by atomic mass is 32.2. The first kappa shape index (κ1) is 20.9. The van der Waals surface area contributed by atoms with Gasteiger partial charge in [0.1, 0.15) is 6.07 Å². The molecule has 1 aromatic carbocycles.